The molecule has 1 aromatic carbocycles. The van der Waals surface area contributed by atoms with E-state index in [4.69, 9.17) is 0 Å². The third kappa shape index (κ3) is 2.93. The maximum absolute atomic E-state index is 4.66. The third-order valence-electron chi connectivity index (χ3n) is 3.79. The zero-order valence-electron chi connectivity index (χ0n) is 12.6. The van der Waals surface area contributed by atoms with Crippen LogP contribution in [0.3, 0.4) is 0 Å². The molecule has 1 heterocycles. The number of hydrogen-bond acceptors (Lipinski definition) is 2. The molecule has 1 aliphatic carbocycles. The van der Waals surface area contributed by atoms with E-state index < -0.39 is 0 Å². The minimum absolute atomic E-state index is 0.122. The first-order valence-electron chi connectivity index (χ1n) is 7.43. The van der Waals surface area contributed by atoms with Crippen LogP contribution in [0.2, 0.25) is 0 Å². The fourth-order valence-electron chi connectivity index (χ4n) is 2.66. The van der Waals surface area contributed by atoms with Gasteiger partial charge >= 0.3 is 0 Å². The van der Waals surface area contributed by atoms with E-state index in [1.165, 1.54) is 36.1 Å². The smallest absolute Gasteiger partial charge is 0.0767 e. The van der Waals surface area contributed by atoms with Crippen LogP contribution in [0.15, 0.2) is 30.5 Å². The van der Waals surface area contributed by atoms with Crippen molar-refractivity contribution in [2.45, 2.75) is 52.1 Å². The van der Waals surface area contributed by atoms with Crippen molar-refractivity contribution >= 4 is 0 Å². The van der Waals surface area contributed by atoms with Gasteiger partial charge in [0, 0.05) is 18.3 Å². The predicted octanol–water partition coefficient (Wildman–Crippen LogP) is 3.25. The monoisotopic (exact) mass is 269 g/mol. The highest BCUT2D eigenvalue weighted by Gasteiger charge is 2.13. The Morgan fingerprint density at radius 3 is 2.75 bits per heavy atom. The zero-order chi connectivity index (χ0) is 14.2. The van der Waals surface area contributed by atoms with Crippen molar-refractivity contribution < 1.29 is 0 Å². The van der Waals surface area contributed by atoms with E-state index >= 15 is 0 Å². The van der Waals surface area contributed by atoms with E-state index in [0.29, 0.717) is 0 Å². The SMILES string of the molecule is CC(C)(C)NCc1ccn(-c2ccc3c(c2)CCC3)n1. The van der Waals surface area contributed by atoms with Crippen molar-refractivity contribution in [3.63, 3.8) is 0 Å². The summed E-state index contributed by atoms with van der Waals surface area (Å²) >= 11 is 0. The maximum atomic E-state index is 4.66. The molecule has 0 amide bonds. The number of fused-ring (bicyclic) bond motifs is 1. The molecule has 1 aliphatic rings. The summed E-state index contributed by atoms with van der Waals surface area (Å²) < 4.78 is 1.98. The van der Waals surface area contributed by atoms with Crippen molar-refractivity contribution in [2.24, 2.45) is 0 Å². The lowest BCUT2D eigenvalue weighted by molar-refractivity contribution is 0.420. The summed E-state index contributed by atoms with van der Waals surface area (Å²) in [5, 5.41) is 8.13. The first-order chi connectivity index (χ1) is 9.51. The van der Waals surface area contributed by atoms with Crippen molar-refractivity contribution in [2.75, 3.05) is 0 Å². The molecule has 2 aromatic rings. The fraction of sp³-hybridized carbons (Fsp3) is 0.471. The zero-order valence-corrected chi connectivity index (χ0v) is 12.6. The molecule has 0 unspecified atom stereocenters. The van der Waals surface area contributed by atoms with Gasteiger partial charge in [-0.1, -0.05) is 6.07 Å². The number of nitrogens with zero attached hydrogens (tertiary/aromatic N) is 2. The Kier molecular flexibility index (Phi) is 3.38. The summed E-state index contributed by atoms with van der Waals surface area (Å²) in [4.78, 5) is 0. The van der Waals surface area contributed by atoms with Gasteiger partial charge in [0.1, 0.15) is 0 Å². The van der Waals surface area contributed by atoms with Gasteiger partial charge in [0.2, 0.25) is 0 Å². The van der Waals surface area contributed by atoms with Gasteiger partial charge in [0.05, 0.1) is 11.4 Å². The van der Waals surface area contributed by atoms with Gasteiger partial charge in [-0.2, -0.15) is 5.10 Å². The molecule has 20 heavy (non-hydrogen) atoms. The number of nitrogens with one attached hydrogen (secondary N) is 1. The molecule has 0 spiro atoms. The summed E-state index contributed by atoms with van der Waals surface area (Å²) in [5.41, 5.74) is 5.38. The van der Waals surface area contributed by atoms with Crippen molar-refractivity contribution in [1.29, 1.82) is 0 Å². The van der Waals surface area contributed by atoms with E-state index in [1.54, 1.807) is 0 Å². The van der Waals surface area contributed by atoms with Crippen LogP contribution in [0.5, 0.6) is 0 Å². The lowest BCUT2D eigenvalue weighted by Crippen LogP contribution is -2.35. The summed E-state index contributed by atoms with van der Waals surface area (Å²) in [7, 11) is 0. The molecule has 0 saturated carbocycles. The van der Waals surface area contributed by atoms with E-state index in [9.17, 15) is 0 Å². The Labute approximate surface area is 121 Å². The van der Waals surface area contributed by atoms with Crippen LogP contribution in [-0.2, 0) is 19.4 Å². The highest BCUT2D eigenvalue weighted by Crippen LogP contribution is 2.24. The Morgan fingerprint density at radius 1 is 1.15 bits per heavy atom. The van der Waals surface area contributed by atoms with Gasteiger partial charge in [-0.3, -0.25) is 0 Å². The first-order valence-corrected chi connectivity index (χ1v) is 7.43. The molecule has 106 valence electrons. The molecular formula is C17H23N3. The lowest BCUT2D eigenvalue weighted by atomic mass is 10.1. The van der Waals surface area contributed by atoms with Gasteiger partial charge in [0.25, 0.3) is 0 Å². The van der Waals surface area contributed by atoms with Crippen LogP contribution in [0.4, 0.5) is 0 Å². The van der Waals surface area contributed by atoms with E-state index in [-0.39, 0.29) is 5.54 Å². The summed E-state index contributed by atoms with van der Waals surface area (Å²) in [5.74, 6) is 0. The van der Waals surface area contributed by atoms with Crippen molar-refractivity contribution in [3.05, 3.63) is 47.3 Å². The molecule has 1 N–H and O–H groups in total. The molecule has 3 nitrogen and oxygen atoms in total. The fourth-order valence-corrected chi connectivity index (χ4v) is 2.66. The van der Waals surface area contributed by atoms with Crippen LogP contribution >= 0.6 is 0 Å². The summed E-state index contributed by atoms with van der Waals surface area (Å²) in [6, 6.07) is 8.81. The standard InChI is InChI=1S/C17H23N3/c1-17(2,3)18-12-15-9-10-20(19-15)16-8-7-13-5-4-6-14(13)11-16/h7-11,18H,4-6,12H2,1-3H3. The summed E-state index contributed by atoms with van der Waals surface area (Å²) in [6.07, 6.45) is 5.79. The molecule has 0 atom stereocenters. The van der Waals surface area contributed by atoms with Crippen molar-refractivity contribution in [1.82, 2.24) is 15.1 Å². The number of aryl methyl sites for hydroxylation is 2. The Hall–Kier alpha value is -1.61. The summed E-state index contributed by atoms with van der Waals surface area (Å²) in [6.45, 7) is 7.32. The van der Waals surface area contributed by atoms with Gasteiger partial charge in [-0.05, 0) is 69.4 Å². The largest absolute Gasteiger partial charge is 0.306 e. The number of hydrogen-bond donors (Lipinski definition) is 1. The average Bonchev–Trinajstić information content (AvgIpc) is 3.03. The lowest BCUT2D eigenvalue weighted by Gasteiger charge is -2.19. The Balaban J connectivity index is 1.76. The first kappa shape index (κ1) is 13.4. The average molecular weight is 269 g/mol. The van der Waals surface area contributed by atoms with E-state index in [0.717, 1.165) is 12.2 Å². The highest BCUT2D eigenvalue weighted by molar-refractivity contribution is 5.42. The normalized spacial score (nSPS) is 14.6. The topological polar surface area (TPSA) is 29.9 Å². The second kappa shape index (κ2) is 5.06. The number of aromatic nitrogens is 2. The predicted molar refractivity (Wildman–Crippen MR) is 82.2 cm³/mol. The molecule has 1 aromatic heterocycles. The molecule has 0 bridgehead atoms. The number of rotatable bonds is 3. The molecule has 3 heteroatoms. The quantitative estimate of drug-likeness (QED) is 0.927. The van der Waals surface area contributed by atoms with Crippen molar-refractivity contribution in [3.8, 4) is 5.69 Å². The van der Waals surface area contributed by atoms with Gasteiger partial charge in [-0.15, -0.1) is 0 Å². The van der Waals surface area contributed by atoms with Crippen LogP contribution < -0.4 is 5.32 Å². The maximum Gasteiger partial charge on any atom is 0.0767 e. The van der Waals surface area contributed by atoms with Crippen LogP contribution in [-0.4, -0.2) is 15.3 Å². The molecular weight excluding hydrogens is 246 g/mol. The third-order valence-corrected chi connectivity index (χ3v) is 3.79. The molecule has 0 fully saturated rings. The highest BCUT2D eigenvalue weighted by atomic mass is 15.3. The second-order valence-electron chi connectivity index (χ2n) is 6.66. The van der Waals surface area contributed by atoms with Crippen LogP contribution in [0.25, 0.3) is 5.69 Å². The molecule has 0 saturated heterocycles. The minimum atomic E-state index is 0.122. The van der Waals surface area contributed by atoms with E-state index in [2.05, 4.69) is 61.6 Å². The van der Waals surface area contributed by atoms with Gasteiger partial charge in [0.15, 0.2) is 0 Å². The van der Waals surface area contributed by atoms with Gasteiger partial charge < -0.3 is 5.32 Å². The molecule has 3 rings (SSSR count). The second-order valence-corrected chi connectivity index (χ2v) is 6.66. The number of benzene rings is 1. The van der Waals surface area contributed by atoms with Crippen LogP contribution in [0, 0.1) is 0 Å². The van der Waals surface area contributed by atoms with Crippen LogP contribution in [0.1, 0.15) is 44.0 Å². The van der Waals surface area contributed by atoms with Gasteiger partial charge in [-0.25, -0.2) is 4.68 Å². The Morgan fingerprint density at radius 2 is 1.95 bits per heavy atom. The Bertz CT molecular complexity index is 605. The minimum Gasteiger partial charge on any atom is -0.306 e. The molecule has 0 aliphatic heterocycles. The van der Waals surface area contributed by atoms with E-state index in [1.807, 2.05) is 4.68 Å². The molecule has 0 radical (unpaired) electrons.